The van der Waals surface area contributed by atoms with E-state index in [-0.39, 0.29) is 12.1 Å². The predicted octanol–water partition coefficient (Wildman–Crippen LogP) is 5.79. The molecule has 3 aromatic carbocycles. The molecule has 0 unspecified atom stereocenters. The molecular formula is C32H29N3O4S. The van der Waals surface area contributed by atoms with Crippen LogP contribution in [0.2, 0.25) is 0 Å². The number of rotatable bonds is 7. The number of carbonyl (C=O) groups is 2. The van der Waals surface area contributed by atoms with E-state index >= 15 is 0 Å². The van der Waals surface area contributed by atoms with Crippen molar-refractivity contribution in [2.75, 3.05) is 19.0 Å². The average molecular weight is 552 g/mol. The Kier molecular flexibility index (Phi) is 7.35. The first-order valence-corrected chi connectivity index (χ1v) is 14.0. The van der Waals surface area contributed by atoms with Crippen LogP contribution < -0.4 is 20.1 Å². The number of fused-ring (bicyclic) bond motifs is 3. The fraction of sp³-hybridized carbons (Fsp3) is 0.188. The molecule has 0 saturated carbocycles. The summed E-state index contributed by atoms with van der Waals surface area (Å²) in [5.41, 5.74) is 4.99. The smallest absolute Gasteiger partial charge is 0.336 e. The summed E-state index contributed by atoms with van der Waals surface area (Å²) in [6, 6.07) is 25.0. The van der Waals surface area contributed by atoms with Crippen molar-refractivity contribution in [2.45, 2.75) is 25.7 Å². The Bertz CT molecular complexity index is 1550. The van der Waals surface area contributed by atoms with Gasteiger partial charge in [0.15, 0.2) is 0 Å². The third-order valence-electron chi connectivity index (χ3n) is 7.12. The Balaban J connectivity index is 1.09. The lowest BCUT2D eigenvalue weighted by Gasteiger charge is -2.28. The van der Waals surface area contributed by atoms with Gasteiger partial charge in [0.1, 0.15) is 22.7 Å². The molecule has 0 spiro atoms. The van der Waals surface area contributed by atoms with E-state index in [1.165, 1.54) is 16.5 Å². The molecule has 1 aromatic heterocycles. The normalized spacial score (nSPS) is 16.5. The summed E-state index contributed by atoms with van der Waals surface area (Å²) >= 11 is 1.67. The minimum atomic E-state index is -0.470. The first-order valence-electron chi connectivity index (χ1n) is 13.2. The van der Waals surface area contributed by atoms with E-state index in [9.17, 15) is 9.59 Å². The molecule has 0 saturated heterocycles. The zero-order chi connectivity index (χ0) is 27.5. The minimum absolute atomic E-state index is 0.0491. The van der Waals surface area contributed by atoms with Gasteiger partial charge < -0.3 is 20.1 Å². The highest BCUT2D eigenvalue weighted by atomic mass is 32.1. The zero-order valence-corrected chi connectivity index (χ0v) is 22.9. The highest BCUT2D eigenvalue weighted by Crippen LogP contribution is 2.41. The van der Waals surface area contributed by atoms with Crippen molar-refractivity contribution in [3.8, 4) is 11.5 Å². The number of carbonyl (C=O) groups excluding carboxylic acids is 2. The van der Waals surface area contributed by atoms with E-state index < -0.39 is 5.97 Å². The van der Waals surface area contributed by atoms with E-state index in [4.69, 9.17) is 9.47 Å². The second kappa shape index (κ2) is 11.4. The number of amides is 1. The second-order valence-electron chi connectivity index (χ2n) is 9.80. The van der Waals surface area contributed by atoms with Gasteiger partial charge in [0.25, 0.3) is 5.91 Å². The van der Waals surface area contributed by atoms with Crippen molar-refractivity contribution in [1.82, 2.24) is 10.2 Å². The summed E-state index contributed by atoms with van der Waals surface area (Å²) < 4.78 is 10.6. The van der Waals surface area contributed by atoms with Gasteiger partial charge in [-0.3, -0.25) is 9.69 Å². The molecule has 0 radical (unpaired) electrons. The van der Waals surface area contributed by atoms with Crippen molar-refractivity contribution in [3.63, 3.8) is 0 Å². The molecule has 1 amide bonds. The van der Waals surface area contributed by atoms with Gasteiger partial charge in [-0.1, -0.05) is 54.6 Å². The molecule has 7 nitrogen and oxygen atoms in total. The van der Waals surface area contributed by atoms with Crippen LogP contribution in [0.25, 0.3) is 6.08 Å². The van der Waals surface area contributed by atoms with Gasteiger partial charge in [0.2, 0.25) is 0 Å². The van der Waals surface area contributed by atoms with Crippen LogP contribution in [0.5, 0.6) is 11.5 Å². The monoisotopic (exact) mass is 551 g/mol. The molecule has 40 heavy (non-hydrogen) atoms. The molecule has 8 heteroatoms. The van der Waals surface area contributed by atoms with Crippen LogP contribution in [-0.4, -0.2) is 30.4 Å². The van der Waals surface area contributed by atoms with Gasteiger partial charge in [-0.2, -0.15) is 0 Å². The van der Waals surface area contributed by atoms with Crippen molar-refractivity contribution < 1.29 is 19.1 Å². The summed E-state index contributed by atoms with van der Waals surface area (Å²) in [7, 11) is 1.61. The molecule has 202 valence electrons. The number of ether oxygens (including phenoxy) is 2. The van der Waals surface area contributed by atoms with Crippen LogP contribution in [0.4, 0.5) is 5.00 Å². The molecule has 2 aliphatic rings. The molecule has 0 fully saturated rings. The Morgan fingerprint density at radius 2 is 1.75 bits per heavy atom. The van der Waals surface area contributed by atoms with Crippen molar-refractivity contribution in [2.24, 2.45) is 0 Å². The Labute approximate surface area is 237 Å². The van der Waals surface area contributed by atoms with Gasteiger partial charge >= 0.3 is 5.97 Å². The first-order chi connectivity index (χ1) is 19.6. The third-order valence-corrected chi connectivity index (χ3v) is 8.27. The van der Waals surface area contributed by atoms with Gasteiger partial charge in [-0.15, -0.1) is 11.3 Å². The first kappa shape index (κ1) is 25.9. The summed E-state index contributed by atoms with van der Waals surface area (Å²) in [4.78, 5) is 29.1. The van der Waals surface area contributed by atoms with Gasteiger partial charge in [0.05, 0.1) is 12.7 Å². The van der Waals surface area contributed by atoms with Gasteiger partial charge in [0, 0.05) is 30.6 Å². The molecule has 2 aliphatic heterocycles. The van der Waals surface area contributed by atoms with Crippen molar-refractivity contribution >= 4 is 34.3 Å². The molecule has 3 heterocycles. The summed E-state index contributed by atoms with van der Waals surface area (Å²) in [5.74, 6) is 0.666. The van der Waals surface area contributed by atoms with Crippen LogP contribution >= 0.6 is 11.3 Å². The Morgan fingerprint density at radius 3 is 2.50 bits per heavy atom. The molecule has 0 bridgehead atoms. The average Bonchev–Trinajstić information content (AvgIpc) is 3.35. The quantitative estimate of drug-likeness (QED) is 0.172. The van der Waals surface area contributed by atoms with E-state index in [1.54, 1.807) is 36.7 Å². The SMILES string of the molecule is COc1ccc(/C=C/C(=O)Oc2ccc([C@@H]3NC(=O)c4c(sc5c4CCN(Cc4ccccc4)C5)N3)cc2)cc1. The lowest BCUT2D eigenvalue weighted by molar-refractivity contribution is -0.128. The van der Waals surface area contributed by atoms with Crippen molar-refractivity contribution in [1.29, 1.82) is 0 Å². The van der Waals surface area contributed by atoms with Crippen LogP contribution in [0.1, 0.15) is 43.7 Å². The molecule has 1 atom stereocenters. The number of nitrogens with zero attached hydrogens (tertiary/aromatic N) is 1. The molecule has 2 N–H and O–H groups in total. The van der Waals surface area contributed by atoms with Gasteiger partial charge in [-0.25, -0.2) is 4.79 Å². The number of benzene rings is 3. The Hall–Kier alpha value is -4.40. The third kappa shape index (κ3) is 5.64. The number of nitrogens with one attached hydrogen (secondary N) is 2. The lowest BCUT2D eigenvalue weighted by atomic mass is 10.00. The Morgan fingerprint density at radius 1 is 1.00 bits per heavy atom. The number of hydrogen-bond acceptors (Lipinski definition) is 7. The maximum atomic E-state index is 13.2. The standard InChI is InChI=1S/C32H29N3O4S/c1-38-24-12-7-21(8-13-24)9-16-28(36)39-25-14-10-23(11-15-25)30-33-31(37)29-26-17-18-35(19-22-5-3-2-4-6-22)20-27(26)40-32(29)34-30/h2-16,30,34H,17-20H2,1H3,(H,33,37)/b16-9+/t30-/m1/s1. The van der Waals surface area contributed by atoms with E-state index in [2.05, 4.69) is 39.8 Å². The fourth-order valence-corrected chi connectivity index (χ4v) is 6.39. The zero-order valence-electron chi connectivity index (χ0n) is 22.1. The van der Waals surface area contributed by atoms with E-state index in [0.717, 1.165) is 59.1 Å². The highest BCUT2D eigenvalue weighted by molar-refractivity contribution is 7.16. The highest BCUT2D eigenvalue weighted by Gasteiger charge is 2.33. The summed E-state index contributed by atoms with van der Waals surface area (Å²) in [5, 5.41) is 7.53. The lowest BCUT2D eigenvalue weighted by Crippen LogP contribution is -2.38. The molecule has 6 rings (SSSR count). The fourth-order valence-electron chi connectivity index (χ4n) is 5.07. The topological polar surface area (TPSA) is 79.9 Å². The largest absolute Gasteiger partial charge is 0.497 e. The van der Waals surface area contributed by atoms with Crippen LogP contribution in [0.3, 0.4) is 0 Å². The molecule has 4 aromatic rings. The summed E-state index contributed by atoms with van der Waals surface area (Å²) in [6.45, 7) is 2.67. The maximum Gasteiger partial charge on any atom is 0.336 e. The van der Waals surface area contributed by atoms with E-state index in [1.807, 2.05) is 42.5 Å². The number of esters is 1. The second-order valence-corrected chi connectivity index (χ2v) is 10.9. The molecular weight excluding hydrogens is 522 g/mol. The maximum absolute atomic E-state index is 13.2. The number of methoxy groups -OCH3 is 1. The van der Waals surface area contributed by atoms with Crippen LogP contribution in [0, 0.1) is 0 Å². The number of thiophene rings is 1. The number of hydrogen-bond donors (Lipinski definition) is 2. The summed E-state index contributed by atoms with van der Waals surface area (Å²) in [6.07, 6.45) is 3.58. The van der Waals surface area contributed by atoms with Crippen LogP contribution in [-0.2, 0) is 24.3 Å². The van der Waals surface area contributed by atoms with E-state index in [0.29, 0.717) is 5.75 Å². The van der Waals surface area contributed by atoms with Crippen LogP contribution in [0.15, 0.2) is 84.9 Å². The minimum Gasteiger partial charge on any atom is -0.497 e. The number of anilines is 1. The predicted molar refractivity (Wildman–Crippen MR) is 157 cm³/mol. The molecule has 0 aliphatic carbocycles. The van der Waals surface area contributed by atoms with Crippen molar-refractivity contribution in [3.05, 3.63) is 118 Å². The van der Waals surface area contributed by atoms with Gasteiger partial charge in [-0.05, 0) is 59.0 Å².